The van der Waals surface area contributed by atoms with Crippen LogP contribution in [0, 0.1) is 5.82 Å². The van der Waals surface area contributed by atoms with Crippen LogP contribution in [0.3, 0.4) is 0 Å². The molecule has 2 aromatic rings. The molecule has 1 aromatic carbocycles. The van der Waals surface area contributed by atoms with E-state index in [1.165, 1.54) is 19.2 Å². The highest BCUT2D eigenvalue weighted by Gasteiger charge is 2.25. The maximum absolute atomic E-state index is 13.8. The van der Waals surface area contributed by atoms with Crippen molar-refractivity contribution in [3.05, 3.63) is 47.3 Å². The largest absolute Gasteiger partial charge is 0.494 e. The number of benzene rings is 1. The van der Waals surface area contributed by atoms with Gasteiger partial charge in [0.05, 0.1) is 12.8 Å². The van der Waals surface area contributed by atoms with Gasteiger partial charge in [-0.15, -0.1) is 0 Å². The highest BCUT2D eigenvalue weighted by molar-refractivity contribution is 5.94. The second-order valence-electron chi connectivity index (χ2n) is 7.50. The molecule has 0 fully saturated rings. The maximum atomic E-state index is 13.8. The lowest BCUT2D eigenvalue weighted by atomic mass is 9.93. The summed E-state index contributed by atoms with van der Waals surface area (Å²) in [4.78, 5) is 17.1. The second kappa shape index (κ2) is 6.50. The first-order chi connectivity index (χ1) is 11.8. The summed E-state index contributed by atoms with van der Waals surface area (Å²) in [5, 5.41) is 2.99. The number of ether oxygens (including phenoxy) is 1. The molecular weight excluding hydrogens is 321 g/mol. The fourth-order valence-corrected chi connectivity index (χ4v) is 3.00. The van der Waals surface area contributed by atoms with E-state index < -0.39 is 5.82 Å². The van der Waals surface area contributed by atoms with Gasteiger partial charge < -0.3 is 14.6 Å². The Morgan fingerprint density at radius 1 is 1.40 bits per heavy atom. The summed E-state index contributed by atoms with van der Waals surface area (Å²) in [5.41, 5.74) is 1.36. The van der Waals surface area contributed by atoms with Crippen molar-refractivity contribution < 1.29 is 13.9 Å². The highest BCUT2D eigenvalue weighted by Crippen LogP contribution is 2.24. The van der Waals surface area contributed by atoms with Crippen molar-refractivity contribution in [3.8, 4) is 5.75 Å². The number of hydrogen-bond acceptors (Lipinski definition) is 3. The summed E-state index contributed by atoms with van der Waals surface area (Å²) in [7, 11) is 1.40. The number of methoxy groups -OCH3 is 1. The first-order valence-corrected chi connectivity index (χ1v) is 8.49. The van der Waals surface area contributed by atoms with E-state index in [2.05, 4.69) is 36.9 Å². The molecule has 1 aliphatic rings. The van der Waals surface area contributed by atoms with E-state index in [1.807, 2.05) is 0 Å². The number of carbonyl (C=O) groups excluding carboxylic acids is 1. The van der Waals surface area contributed by atoms with E-state index in [-0.39, 0.29) is 23.1 Å². The van der Waals surface area contributed by atoms with Crippen LogP contribution < -0.4 is 10.1 Å². The number of imidazole rings is 1. The molecule has 3 rings (SSSR count). The van der Waals surface area contributed by atoms with Crippen molar-refractivity contribution in [3.63, 3.8) is 0 Å². The number of carbonyl (C=O) groups is 1. The average Bonchev–Trinajstić information content (AvgIpc) is 2.98. The van der Waals surface area contributed by atoms with Gasteiger partial charge in [-0.3, -0.25) is 4.79 Å². The Kier molecular flexibility index (Phi) is 4.54. The van der Waals surface area contributed by atoms with Gasteiger partial charge in [0.2, 0.25) is 0 Å². The summed E-state index contributed by atoms with van der Waals surface area (Å²) >= 11 is 0. The van der Waals surface area contributed by atoms with Gasteiger partial charge in [0.1, 0.15) is 5.82 Å². The Labute approximate surface area is 147 Å². The zero-order chi connectivity index (χ0) is 18.2. The normalized spacial score (nSPS) is 17.1. The molecule has 134 valence electrons. The van der Waals surface area contributed by atoms with Crippen LogP contribution in [0.15, 0.2) is 24.4 Å². The smallest absolute Gasteiger partial charge is 0.251 e. The molecular formula is C19H24FN3O2. The van der Waals surface area contributed by atoms with Crippen LogP contribution >= 0.6 is 0 Å². The van der Waals surface area contributed by atoms with E-state index in [0.29, 0.717) is 12.1 Å². The fourth-order valence-electron chi connectivity index (χ4n) is 3.00. The summed E-state index contributed by atoms with van der Waals surface area (Å²) in [6, 6.07) is 4.25. The van der Waals surface area contributed by atoms with E-state index in [0.717, 1.165) is 24.4 Å². The zero-order valence-corrected chi connectivity index (χ0v) is 15.1. The highest BCUT2D eigenvalue weighted by atomic mass is 19.1. The number of nitrogens with zero attached hydrogens (tertiary/aromatic N) is 2. The lowest BCUT2D eigenvalue weighted by molar-refractivity contribution is 0.0927. The summed E-state index contributed by atoms with van der Waals surface area (Å²) in [5.74, 6) is 0.384. The molecule has 2 heterocycles. The van der Waals surface area contributed by atoms with Crippen molar-refractivity contribution in [2.45, 2.75) is 51.6 Å². The monoisotopic (exact) mass is 345 g/mol. The fraction of sp³-hybridized carbons (Fsp3) is 0.474. The first-order valence-electron chi connectivity index (χ1n) is 8.49. The Morgan fingerprint density at radius 2 is 2.16 bits per heavy atom. The molecule has 1 aromatic heterocycles. The number of nitrogens with one attached hydrogen (secondary N) is 1. The summed E-state index contributed by atoms with van der Waals surface area (Å²) in [6.07, 6.45) is 3.71. The van der Waals surface area contributed by atoms with Gasteiger partial charge in [0.25, 0.3) is 5.91 Å². The van der Waals surface area contributed by atoms with Gasteiger partial charge in [0, 0.05) is 36.2 Å². The van der Waals surface area contributed by atoms with E-state index in [1.54, 1.807) is 6.07 Å². The number of aryl methyl sites for hydroxylation is 1. The molecule has 1 amide bonds. The Bertz CT molecular complexity index is 792. The van der Waals surface area contributed by atoms with Crippen molar-refractivity contribution >= 4 is 5.91 Å². The average molecular weight is 345 g/mol. The molecule has 0 aliphatic carbocycles. The molecule has 25 heavy (non-hydrogen) atoms. The number of halogens is 1. The SMILES string of the molecule is COc1ccc(C(=O)NC2CCc3nc(C(C)(C)C)cn3C2)cc1F. The Balaban J connectivity index is 1.69. The maximum Gasteiger partial charge on any atom is 0.251 e. The molecule has 1 aliphatic heterocycles. The molecule has 0 radical (unpaired) electrons. The zero-order valence-electron chi connectivity index (χ0n) is 15.1. The van der Waals surface area contributed by atoms with Gasteiger partial charge >= 0.3 is 0 Å². The van der Waals surface area contributed by atoms with E-state index >= 15 is 0 Å². The molecule has 6 heteroatoms. The molecule has 0 bridgehead atoms. The molecule has 0 saturated heterocycles. The molecule has 1 N–H and O–H groups in total. The molecule has 5 nitrogen and oxygen atoms in total. The minimum atomic E-state index is -0.537. The van der Waals surface area contributed by atoms with Crippen LogP contribution in [0.25, 0.3) is 0 Å². The van der Waals surface area contributed by atoms with Crippen molar-refractivity contribution in [2.75, 3.05) is 7.11 Å². The molecule has 0 saturated carbocycles. The third-order valence-corrected chi connectivity index (χ3v) is 4.51. The lowest BCUT2D eigenvalue weighted by Gasteiger charge is -2.24. The van der Waals surface area contributed by atoms with Crippen molar-refractivity contribution in [1.29, 1.82) is 0 Å². The number of hydrogen-bond donors (Lipinski definition) is 1. The van der Waals surface area contributed by atoms with Crippen LogP contribution in [0.2, 0.25) is 0 Å². The Hall–Kier alpha value is -2.37. The number of aromatic nitrogens is 2. The van der Waals surface area contributed by atoms with Gasteiger partial charge in [-0.2, -0.15) is 0 Å². The quantitative estimate of drug-likeness (QED) is 0.930. The summed E-state index contributed by atoms with van der Waals surface area (Å²) in [6.45, 7) is 7.10. The van der Waals surface area contributed by atoms with Crippen LogP contribution in [0.1, 0.15) is 49.1 Å². The number of amides is 1. The van der Waals surface area contributed by atoms with E-state index in [9.17, 15) is 9.18 Å². The summed E-state index contributed by atoms with van der Waals surface area (Å²) < 4.78 is 20.8. The predicted molar refractivity (Wildman–Crippen MR) is 93.5 cm³/mol. The van der Waals surface area contributed by atoms with Gasteiger partial charge in [0.15, 0.2) is 11.6 Å². The molecule has 1 atom stereocenters. The standard InChI is InChI=1S/C19H24FN3O2/c1-19(2,3)16-11-23-10-13(6-8-17(23)22-16)21-18(24)12-5-7-15(25-4)14(20)9-12/h5,7,9,11,13H,6,8,10H2,1-4H3,(H,21,24). The van der Waals surface area contributed by atoms with Crippen molar-refractivity contribution in [1.82, 2.24) is 14.9 Å². The predicted octanol–water partition coefficient (Wildman–Crippen LogP) is 3.07. The lowest BCUT2D eigenvalue weighted by Crippen LogP contribution is -2.40. The van der Waals surface area contributed by atoms with Crippen LogP contribution in [0.5, 0.6) is 5.75 Å². The van der Waals surface area contributed by atoms with Gasteiger partial charge in [-0.05, 0) is 24.6 Å². The third-order valence-electron chi connectivity index (χ3n) is 4.51. The third kappa shape index (κ3) is 3.67. The minimum absolute atomic E-state index is 0.00368. The van der Waals surface area contributed by atoms with Crippen LogP contribution in [0.4, 0.5) is 4.39 Å². The van der Waals surface area contributed by atoms with Crippen LogP contribution in [-0.2, 0) is 18.4 Å². The molecule has 1 unspecified atom stereocenters. The van der Waals surface area contributed by atoms with Gasteiger partial charge in [-0.25, -0.2) is 9.37 Å². The first kappa shape index (κ1) is 17.5. The minimum Gasteiger partial charge on any atom is -0.494 e. The van der Waals surface area contributed by atoms with Crippen molar-refractivity contribution in [2.24, 2.45) is 0 Å². The number of rotatable bonds is 3. The van der Waals surface area contributed by atoms with Crippen LogP contribution in [-0.4, -0.2) is 28.6 Å². The second-order valence-corrected chi connectivity index (χ2v) is 7.50. The Morgan fingerprint density at radius 3 is 2.80 bits per heavy atom. The number of fused-ring (bicyclic) bond motifs is 1. The topological polar surface area (TPSA) is 56.1 Å². The van der Waals surface area contributed by atoms with E-state index in [4.69, 9.17) is 9.72 Å². The molecule has 0 spiro atoms. The van der Waals surface area contributed by atoms with Gasteiger partial charge in [-0.1, -0.05) is 20.8 Å².